The van der Waals surface area contributed by atoms with Crippen LogP contribution in [0.15, 0.2) is 24.4 Å². The Hall–Kier alpha value is -3.00. The molecule has 6 bridgehead atoms. The summed E-state index contributed by atoms with van der Waals surface area (Å²) in [5.41, 5.74) is 7.88. The standard InChI is InChI=1S/C29H35ClF2N6/c1-4-23-36-26-20-14-21(31)24(25(26)32)19-15-22(33)35-27(30)18(19)9-6-5-8-17(2)34-12-11-29(3)10-7-13-38(16-29)28(20)37-23/h14-15,34H,2,4-13,16H2,1,3H3,(H2,33,35). The second-order valence-electron chi connectivity index (χ2n) is 10.9. The first-order valence-corrected chi connectivity index (χ1v) is 13.9. The zero-order chi connectivity index (χ0) is 27.0. The van der Waals surface area contributed by atoms with Crippen molar-refractivity contribution in [2.75, 3.05) is 30.3 Å². The Morgan fingerprint density at radius 2 is 1.92 bits per heavy atom. The van der Waals surface area contributed by atoms with E-state index in [1.165, 1.54) is 12.1 Å². The minimum atomic E-state index is -0.722. The maximum absolute atomic E-state index is 16.4. The van der Waals surface area contributed by atoms with Gasteiger partial charge in [-0.3, -0.25) is 0 Å². The number of hydrogen-bond acceptors (Lipinski definition) is 6. The van der Waals surface area contributed by atoms with Gasteiger partial charge in [0.25, 0.3) is 0 Å². The second-order valence-corrected chi connectivity index (χ2v) is 11.3. The summed E-state index contributed by atoms with van der Waals surface area (Å²) in [5.74, 6) is -0.188. The molecule has 9 heteroatoms. The number of allylic oxidation sites excluding steroid dienone is 1. The molecule has 1 fully saturated rings. The zero-order valence-electron chi connectivity index (χ0n) is 22.1. The molecule has 0 radical (unpaired) electrons. The number of fused-ring (bicyclic) bond motifs is 8. The van der Waals surface area contributed by atoms with Crippen molar-refractivity contribution in [3.63, 3.8) is 0 Å². The maximum Gasteiger partial charge on any atom is 0.160 e. The van der Waals surface area contributed by atoms with E-state index < -0.39 is 11.6 Å². The molecule has 6 rings (SSSR count). The van der Waals surface area contributed by atoms with E-state index >= 15 is 8.78 Å². The van der Waals surface area contributed by atoms with Crippen LogP contribution < -0.4 is 16.0 Å². The van der Waals surface area contributed by atoms with Crippen LogP contribution in [0.25, 0.3) is 22.0 Å². The van der Waals surface area contributed by atoms with Crippen LogP contribution in [0.3, 0.4) is 0 Å². The first kappa shape index (κ1) is 26.6. The molecule has 0 amide bonds. The van der Waals surface area contributed by atoms with Gasteiger partial charge in [0.2, 0.25) is 0 Å². The summed E-state index contributed by atoms with van der Waals surface area (Å²) in [4.78, 5) is 15.7. The molecule has 1 atom stereocenters. The Balaban J connectivity index is 1.74. The Labute approximate surface area is 227 Å². The van der Waals surface area contributed by atoms with E-state index in [-0.39, 0.29) is 27.5 Å². The lowest BCUT2D eigenvalue weighted by Crippen LogP contribution is -2.43. The number of benzene rings is 1. The maximum atomic E-state index is 16.4. The van der Waals surface area contributed by atoms with Crippen molar-refractivity contribution in [2.24, 2.45) is 5.41 Å². The van der Waals surface area contributed by atoms with Crippen molar-refractivity contribution in [1.29, 1.82) is 0 Å². The topological polar surface area (TPSA) is 80.0 Å². The van der Waals surface area contributed by atoms with Gasteiger partial charge in [0.05, 0.1) is 5.56 Å². The van der Waals surface area contributed by atoms with Gasteiger partial charge in [0.15, 0.2) is 5.82 Å². The van der Waals surface area contributed by atoms with Gasteiger partial charge in [-0.1, -0.05) is 32.0 Å². The third-order valence-corrected chi connectivity index (χ3v) is 8.24. The van der Waals surface area contributed by atoms with Crippen molar-refractivity contribution < 1.29 is 8.78 Å². The van der Waals surface area contributed by atoms with Crippen LogP contribution in [0.5, 0.6) is 0 Å². The summed E-state index contributed by atoms with van der Waals surface area (Å²) >= 11 is 6.49. The smallest absolute Gasteiger partial charge is 0.160 e. The highest BCUT2D eigenvalue weighted by Crippen LogP contribution is 2.41. The van der Waals surface area contributed by atoms with E-state index in [9.17, 15) is 0 Å². The van der Waals surface area contributed by atoms with Crippen LogP contribution in [-0.2, 0) is 12.8 Å². The number of nitrogen functional groups attached to an aromatic ring is 1. The summed E-state index contributed by atoms with van der Waals surface area (Å²) in [6, 6.07) is 2.88. The molecule has 38 heavy (non-hydrogen) atoms. The number of anilines is 2. The Bertz CT molecular complexity index is 1390. The van der Waals surface area contributed by atoms with Crippen molar-refractivity contribution in [1.82, 2.24) is 20.3 Å². The third-order valence-electron chi connectivity index (χ3n) is 7.93. The molecular formula is C29H35ClF2N6. The van der Waals surface area contributed by atoms with Crippen LogP contribution in [0, 0.1) is 17.0 Å². The number of nitrogens with one attached hydrogen (secondary N) is 1. The van der Waals surface area contributed by atoms with Crippen molar-refractivity contribution in [2.45, 2.75) is 65.2 Å². The van der Waals surface area contributed by atoms with E-state index in [0.717, 1.165) is 63.9 Å². The van der Waals surface area contributed by atoms with E-state index in [2.05, 4.69) is 33.7 Å². The molecule has 3 N–H and O–H groups in total. The van der Waals surface area contributed by atoms with E-state index in [0.29, 0.717) is 41.0 Å². The monoisotopic (exact) mass is 540 g/mol. The molecule has 5 heterocycles. The molecule has 6 nitrogen and oxygen atoms in total. The normalized spacial score (nSPS) is 20.8. The minimum Gasteiger partial charge on any atom is -0.389 e. The van der Waals surface area contributed by atoms with Crippen LogP contribution in [0.4, 0.5) is 20.4 Å². The number of hydrogen-bond donors (Lipinski definition) is 2. The molecule has 3 aliphatic rings. The van der Waals surface area contributed by atoms with Gasteiger partial charge >= 0.3 is 0 Å². The highest BCUT2D eigenvalue weighted by atomic mass is 35.5. The highest BCUT2D eigenvalue weighted by Gasteiger charge is 2.33. The summed E-state index contributed by atoms with van der Waals surface area (Å²) in [7, 11) is 0. The fourth-order valence-corrected chi connectivity index (χ4v) is 6.16. The lowest BCUT2D eigenvalue weighted by atomic mass is 9.79. The lowest BCUT2D eigenvalue weighted by molar-refractivity contribution is 0.240. The van der Waals surface area contributed by atoms with Crippen LogP contribution in [0.2, 0.25) is 5.15 Å². The Morgan fingerprint density at radius 1 is 1.13 bits per heavy atom. The van der Waals surface area contributed by atoms with Crippen molar-refractivity contribution >= 4 is 34.1 Å². The number of nitrogens with two attached hydrogens (primary N) is 1. The highest BCUT2D eigenvalue weighted by molar-refractivity contribution is 6.30. The molecule has 3 aliphatic heterocycles. The Morgan fingerprint density at radius 3 is 2.71 bits per heavy atom. The average molecular weight is 541 g/mol. The number of pyridine rings is 1. The predicted molar refractivity (Wildman–Crippen MR) is 150 cm³/mol. The number of halogens is 3. The lowest BCUT2D eigenvalue weighted by Gasteiger charge is -2.41. The van der Waals surface area contributed by atoms with Gasteiger partial charge < -0.3 is 16.0 Å². The minimum absolute atomic E-state index is 0.0395. The Kier molecular flexibility index (Phi) is 7.45. The SMILES string of the molecule is C=C1CCCCc2c(cc(N)nc2Cl)-c2c(F)cc3c(nc(CC)nc3c2F)N2CCCC(C)(CCN1)C2. The van der Waals surface area contributed by atoms with Gasteiger partial charge in [-0.15, -0.1) is 0 Å². The van der Waals surface area contributed by atoms with Crippen molar-refractivity contribution in [3.05, 3.63) is 52.6 Å². The molecule has 0 saturated carbocycles. The van der Waals surface area contributed by atoms with E-state index in [4.69, 9.17) is 22.3 Å². The van der Waals surface area contributed by atoms with Gasteiger partial charge in [-0.25, -0.2) is 23.7 Å². The molecule has 1 aromatic carbocycles. The molecular weight excluding hydrogens is 506 g/mol. The first-order chi connectivity index (χ1) is 18.2. The van der Waals surface area contributed by atoms with Gasteiger partial charge in [0.1, 0.15) is 33.9 Å². The number of aromatic nitrogens is 3. The predicted octanol–water partition coefficient (Wildman–Crippen LogP) is 6.59. The molecule has 202 valence electrons. The van der Waals surface area contributed by atoms with Crippen LogP contribution in [0.1, 0.15) is 63.8 Å². The number of rotatable bonds is 1. The first-order valence-electron chi connectivity index (χ1n) is 13.5. The molecule has 0 aliphatic carbocycles. The van der Waals surface area contributed by atoms with Crippen LogP contribution >= 0.6 is 11.6 Å². The average Bonchev–Trinajstić information content (AvgIpc) is 2.86. The fourth-order valence-electron chi connectivity index (χ4n) is 5.86. The van der Waals surface area contributed by atoms with E-state index in [1.807, 2.05) is 6.92 Å². The molecule has 1 unspecified atom stereocenters. The quantitative estimate of drug-likeness (QED) is 0.339. The van der Waals surface area contributed by atoms with Crippen LogP contribution in [-0.4, -0.2) is 34.6 Å². The summed E-state index contributed by atoms with van der Waals surface area (Å²) < 4.78 is 32.3. The third kappa shape index (κ3) is 5.15. The molecule has 2 aromatic heterocycles. The largest absolute Gasteiger partial charge is 0.389 e. The molecule has 1 saturated heterocycles. The van der Waals surface area contributed by atoms with E-state index in [1.54, 1.807) is 0 Å². The van der Waals surface area contributed by atoms with Gasteiger partial charge in [-0.05, 0) is 73.6 Å². The van der Waals surface area contributed by atoms with Crippen molar-refractivity contribution in [3.8, 4) is 11.1 Å². The second kappa shape index (κ2) is 10.6. The summed E-state index contributed by atoms with van der Waals surface area (Å²) in [6.45, 7) is 10.8. The van der Waals surface area contributed by atoms with Gasteiger partial charge in [0, 0.05) is 37.1 Å². The number of nitrogens with zero attached hydrogens (tertiary/aromatic N) is 4. The number of piperidine rings is 1. The summed E-state index contributed by atoms with van der Waals surface area (Å²) in [5, 5.41) is 4.05. The number of aryl methyl sites for hydroxylation is 1. The van der Waals surface area contributed by atoms with Gasteiger partial charge in [-0.2, -0.15) is 0 Å². The molecule has 0 spiro atoms. The molecule has 3 aromatic rings. The summed E-state index contributed by atoms with van der Waals surface area (Å²) in [6.07, 6.45) is 6.50. The fraction of sp³-hybridized carbons (Fsp3) is 0.483. The zero-order valence-corrected chi connectivity index (χ0v) is 22.9.